The first kappa shape index (κ1) is 26.8. The molecule has 2 aliphatic heterocycles. The molecular formula is C27H31ClF3N5O2. The van der Waals surface area contributed by atoms with Gasteiger partial charge in [0, 0.05) is 30.3 Å². The van der Waals surface area contributed by atoms with Crippen molar-refractivity contribution in [1.29, 1.82) is 0 Å². The number of nitrogens with zero attached hydrogens (tertiary/aromatic N) is 4. The second-order valence-corrected chi connectivity index (χ2v) is 10.5. The second-order valence-electron chi connectivity index (χ2n) is 10.0. The molecule has 5 rings (SSSR count). The van der Waals surface area contributed by atoms with Gasteiger partial charge in [0.25, 0.3) is 0 Å². The van der Waals surface area contributed by atoms with Gasteiger partial charge in [-0.05, 0) is 62.2 Å². The highest BCUT2D eigenvalue weighted by atomic mass is 35.5. The number of aliphatic hydroxyl groups is 1. The van der Waals surface area contributed by atoms with E-state index in [4.69, 9.17) is 11.6 Å². The number of aromatic nitrogens is 2. The average molecular weight is 550 g/mol. The van der Waals surface area contributed by atoms with Crippen LogP contribution in [-0.2, 0) is 11.0 Å². The number of alkyl halides is 3. The Morgan fingerprint density at radius 2 is 2.03 bits per heavy atom. The third-order valence-electron chi connectivity index (χ3n) is 7.70. The molecule has 2 aliphatic rings. The predicted molar refractivity (Wildman–Crippen MR) is 140 cm³/mol. The third kappa shape index (κ3) is 5.21. The first-order chi connectivity index (χ1) is 18.2. The van der Waals surface area contributed by atoms with Crippen molar-refractivity contribution >= 4 is 34.2 Å². The normalized spacial score (nSPS) is 21.6. The largest absolute Gasteiger partial charge is 0.416 e. The Labute approximate surface area is 224 Å². The summed E-state index contributed by atoms with van der Waals surface area (Å²) < 4.78 is 43.1. The highest BCUT2D eigenvalue weighted by Crippen LogP contribution is 2.38. The Bertz CT molecular complexity index is 1310. The van der Waals surface area contributed by atoms with Crippen LogP contribution in [0.4, 0.5) is 18.9 Å². The molecule has 2 fully saturated rings. The Morgan fingerprint density at radius 3 is 2.74 bits per heavy atom. The lowest BCUT2D eigenvalue weighted by Crippen LogP contribution is -2.60. The molecule has 2 unspecified atom stereocenters. The zero-order valence-corrected chi connectivity index (χ0v) is 21.8. The maximum atomic E-state index is 13.8. The van der Waals surface area contributed by atoms with Gasteiger partial charge in [-0.25, -0.2) is 4.98 Å². The van der Waals surface area contributed by atoms with Crippen molar-refractivity contribution in [1.82, 2.24) is 19.8 Å². The summed E-state index contributed by atoms with van der Waals surface area (Å²) in [6.45, 7) is 3.91. The summed E-state index contributed by atoms with van der Waals surface area (Å²) in [4.78, 5) is 21.4. The first-order valence-electron chi connectivity index (χ1n) is 12.9. The predicted octanol–water partition coefficient (Wildman–Crippen LogP) is 4.47. The van der Waals surface area contributed by atoms with Crippen molar-refractivity contribution in [3.05, 3.63) is 58.9 Å². The molecule has 3 heterocycles. The highest BCUT2D eigenvalue weighted by molar-refractivity contribution is 6.30. The quantitative estimate of drug-likeness (QED) is 0.491. The number of imidazole rings is 1. The summed E-state index contributed by atoms with van der Waals surface area (Å²) >= 11 is 5.88. The summed E-state index contributed by atoms with van der Waals surface area (Å²) in [6, 6.07) is 8.31. The zero-order chi connectivity index (χ0) is 27.0. The van der Waals surface area contributed by atoms with E-state index in [-0.39, 0.29) is 35.2 Å². The van der Waals surface area contributed by atoms with Crippen LogP contribution in [0.2, 0.25) is 5.02 Å². The molecule has 2 aromatic carbocycles. The molecule has 1 amide bonds. The number of rotatable bonds is 5. The number of carbonyl (C=O) groups is 1. The van der Waals surface area contributed by atoms with Crippen molar-refractivity contribution in [2.75, 3.05) is 37.7 Å². The monoisotopic (exact) mass is 549 g/mol. The SMILES string of the molecule is CC(c1ccc(Cl)cc1C(F)(F)F)n1cnc2ccc(N3CCN(C(=O)[C@H]4CCCCN4)C(CO)C3)cc21. The fourth-order valence-electron chi connectivity index (χ4n) is 5.61. The fourth-order valence-corrected chi connectivity index (χ4v) is 5.78. The Hall–Kier alpha value is -2.82. The van der Waals surface area contributed by atoms with E-state index in [0.717, 1.165) is 37.6 Å². The van der Waals surface area contributed by atoms with E-state index < -0.39 is 17.8 Å². The van der Waals surface area contributed by atoms with Gasteiger partial charge in [-0.2, -0.15) is 13.2 Å². The van der Waals surface area contributed by atoms with E-state index >= 15 is 0 Å². The number of piperidine rings is 1. The van der Waals surface area contributed by atoms with Crippen LogP contribution < -0.4 is 10.2 Å². The number of fused-ring (bicyclic) bond motifs is 1. The number of halogens is 4. The van der Waals surface area contributed by atoms with Crippen molar-refractivity contribution in [3.8, 4) is 0 Å². The van der Waals surface area contributed by atoms with Gasteiger partial charge in [0.2, 0.25) is 5.91 Å². The molecule has 0 bridgehead atoms. The van der Waals surface area contributed by atoms with E-state index in [9.17, 15) is 23.1 Å². The number of hydrogen-bond acceptors (Lipinski definition) is 5. The number of hydrogen-bond donors (Lipinski definition) is 2. The third-order valence-corrected chi connectivity index (χ3v) is 7.93. The van der Waals surface area contributed by atoms with Crippen LogP contribution in [-0.4, -0.2) is 70.3 Å². The Kier molecular flexibility index (Phi) is 7.57. The van der Waals surface area contributed by atoms with Gasteiger partial charge in [0.1, 0.15) is 0 Å². The molecular weight excluding hydrogens is 519 g/mol. The van der Waals surface area contributed by atoms with Gasteiger partial charge in [-0.1, -0.05) is 24.1 Å². The van der Waals surface area contributed by atoms with Gasteiger partial charge >= 0.3 is 6.18 Å². The molecule has 2 saturated heterocycles. The molecule has 0 aliphatic carbocycles. The number of piperazine rings is 1. The number of benzene rings is 2. The molecule has 1 aromatic heterocycles. The smallest absolute Gasteiger partial charge is 0.394 e. The minimum Gasteiger partial charge on any atom is -0.394 e. The molecule has 0 radical (unpaired) electrons. The first-order valence-corrected chi connectivity index (χ1v) is 13.3. The summed E-state index contributed by atoms with van der Waals surface area (Å²) in [7, 11) is 0. The molecule has 0 saturated carbocycles. The number of aliphatic hydroxyl groups excluding tert-OH is 1. The van der Waals surface area contributed by atoms with Crippen molar-refractivity contribution < 1.29 is 23.1 Å². The van der Waals surface area contributed by atoms with Crippen LogP contribution in [0.3, 0.4) is 0 Å². The summed E-state index contributed by atoms with van der Waals surface area (Å²) in [5.41, 5.74) is 1.56. The van der Waals surface area contributed by atoms with Crippen LogP contribution in [0.1, 0.15) is 43.4 Å². The number of nitrogens with one attached hydrogen (secondary N) is 1. The second kappa shape index (κ2) is 10.7. The summed E-state index contributed by atoms with van der Waals surface area (Å²) in [5.74, 6) is 0.0363. The van der Waals surface area contributed by atoms with E-state index in [2.05, 4.69) is 15.2 Å². The lowest BCUT2D eigenvalue weighted by molar-refractivity contribution is -0.139. The lowest BCUT2D eigenvalue weighted by atomic mass is 10.0. The van der Waals surface area contributed by atoms with Crippen LogP contribution in [0, 0.1) is 0 Å². The standard InChI is InChI=1S/C27H31ClF3N5O2/c1-17(21-7-5-18(28)12-22(21)27(29,30)31)36-16-33-23-8-6-19(13-25(23)36)34-10-11-35(20(14-34)15-37)26(38)24-4-2-3-9-32-24/h5-8,12-13,16-17,20,24,32,37H,2-4,9-11,14-15H2,1H3/t17?,20?,24-/m1/s1. The summed E-state index contributed by atoms with van der Waals surface area (Å²) in [6.07, 6.45) is -0.106. The van der Waals surface area contributed by atoms with Crippen molar-refractivity contribution in [3.63, 3.8) is 0 Å². The average Bonchev–Trinajstić information content (AvgIpc) is 3.35. The number of anilines is 1. The maximum absolute atomic E-state index is 13.8. The van der Waals surface area contributed by atoms with Crippen LogP contribution in [0.15, 0.2) is 42.7 Å². The minimum atomic E-state index is -4.54. The van der Waals surface area contributed by atoms with Gasteiger partial charge in [0.05, 0.1) is 47.7 Å². The highest BCUT2D eigenvalue weighted by Gasteiger charge is 2.36. The lowest BCUT2D eigenvalue weighted by Gasteiger charge is -2.43. The van der Waals surface area contributed by atoms with Gasteiger partial charge in [0.15, 0.2) is 0 Å². The van der Waals surface area contributed by atoms with Crippen molar-refractivity contribution in [2.24, 2.45) is 0 Å². The Balaban J connectivity index is 1.40. The maximum Gasteiger partial charge on any atom is 0.416 e. The molecule has 38 heavy (non-hydrogen) atoms. The zero-order valence-electron chi connectivity index (χ0n) is 21.1. The molecule has 3 atom stereocenters. The van der Waals surface area contributed by atoms with Crippen molar-refractivity contribution in [2.45, 2.75) is 50.5 Å². The van der Waals surface area contributed by atoms with Crippen LogP contribution in [0.25, 0.3) is 11.0 Å². The van der Waals surface area contributed by atoms with Gasteiger partial charge in [-0.15, -0.1) is 0 Å². The molecule has 2 N–H and O–H groups in total. The van der Waals surface area contributed by atoms with E-state index in [1.807, 2.05) is 18.2 Å². The summed E-state index contributed by atoms with van der Waals surface area (Å²) in [5, 5.41) is 13.4. The van der Waals surface area contributed by atoms with E-state index in [1.165, 1.54) is 12.1 Å². The molecule has 7 nitrogen and oxygen atoms in total. The molecule has 0 spiro atoms. The Morgan fingerprint density at radius 1 is 1.21 bits per heavy atom. The van der Waals surface area contributed by atoms with E-state index in [0.29, 0.717) is 30.7 Å². The van der Waals surface area contributed by atoms with Crippen LogP contribution in [0.5, 0.6) is 0 Å². The topological polar surface area (TPSA) is 73.6 Å². The van der Waals surface area contributed by atoms with E-state index in [1.54, 1.807) is 22.7 Å². The minimum absolute atomic E-state index is 0.0291. The molecule has 204 valence electrons. The van der Waals surface area contributed by atoms with Gasteiger partial charge in [-0.3, -0.25) is 4.79 Å². The number of amides is 1. The number of carbonyl (C=O) groups excluding carboxylic acids is 1. The molecule has 11 heteroatoms. The van der Waals surface area contributed by atoms with Crippen LogP contribution >= 0.6 is 11.6 Å². The van der Waals surface area contributed by atoms with Gasteiger partial charge < -0.3 is 24.8 Å². The fraction of sp³-hybridized carbons (Fsp3) is 0.481. The molecule has 3 aromatic rings.